The minimum absolute atomic E-state index is 0.296. The maximum Gasteiger partial charge on any atom is 0.157 e. The lowest BCUT2D eigenvalue weighted by Gasteiger charge is -2.09. The molecule has 0 aliphatic rings. The second kappa shape index (κ2) is 4.97. The van der Waals surface area contributed by atoms with Crippen molar-refractivity contribution in [3.63, 3.8) is 0 Å². The van der Waals surface area contributed by atoms with Gasteiger partial charge in [-0.3, -0.25) is 0 Å². The molecule has 1 heterocycles. The molecule has 0 unspecified atom stereocenters. The van der Waals surface area contributed by atoms with Crippen LogP contribution in [0.4, 0.5) is 11.5 Å². The van der Waals surface area contributed by atoms with Gasteiger partial charge >= 0.3 is 0 Å². The average Bonchev–Trinajstić information content (AvgIpc) is 2.13. The number of aromatic nitrogens is 2. The van der Waals surface area contributed by atoms with Crippen LogP contribution in [0.5, 0.6) is 0 Å². The highest BCUT2D eigenvalue weighted by Crippen LogP contribution is 2.22. The van der Waals surface area contributed by atoms with Crippen molar-refractivity contribution in [1.82, 2.24) is 15.3 Å². The minimum Gasteiger partial charge on any atom is -0.393 e. The molecule has 0 spiro atoms. The molecule has 78 valence electrons. The molecule has 6 heteroatoms. The molecule has 0 aromatic carbocycles. The van der Waals surface area contributed by atoms with E-state index in [4.69, 9.17) is 17.3 Å². The third-order valence-corrected chi connectivity index (χ3v) is 1.97. The zero-order valence-electron chi connectivity index (χ0n) is 8.26. The standard InChI is InChI=1S/C8H14ClN5/c1-5-13-7(9)6(10)8(14-5)12-4-3-11-2/h11H,3-4,10H2,1-2H3,(H,12,13,14). The number of nitrogens with one attached hydrogen (secondary N) is 2. The van der Waals surface area contributed by atoms with Crippen LogP contribution in [0, 0.1) is 6.92 Å². The summed E-state index contributed by atoms with van der Waals surface area (Å²) in [5, 5.41) is 6.38. The number of aryl methyl sites for hydroxylation is 1. The summed E-state index contributed by atoms with van der Waals surface area (Å²) in [4.78, 5) is 8.08. The molecule has 0 aliphatic carbocycles. The van der Waals surface area contributed by atoms with E-state index in [1.807, 2.05) is 7.05 Å². The van der Waals surface area contributed by atoms with E-state index in [9.17, 15) is 0 Å². The number of hydrogen-bond acceptors (Lipinski definition) is 5. The quantitative estimate of drug-likeness (QED) is 0.508. The fraction of sp³-hybridized carbons (Fsp3) is 0.500. The van der Waals surface area contributed by atoms with Crippen LogP contribution in [0.2, 0.25) is 5.15 Å². The number of hydrogen-bond donors (Lipinski definition) is 3. The molecule has 0 atom stereocenters. The van der Waals surface area contributed by atoms with Crippen LogP contribution in [0.1, 0.15) is 5.82 Å². The minimum atomic E-state index is 0.296. The number of likely N-dealkylation sites (N-methyl/N-ethyl adjacent to an activating group) is 1. The van der Waals surface area contributed by atoms with Gasteiger partial charge in [-0.2, -0.15) is 0 Å². The van der Waals surface area contributed by atoms with Crippen molar-refractivity contribution in [2.45, 2.75) is 6.92 Å². The molecular formula is C8H14ClN5. The molecule has 0 aliphatic heterocycles. The zero-order valence-corrected chi connectivity index (χ0v) is 9.02. The van der Waals surface area contributed by atoms with E-state index >= 15 is 0 Å². The molecule has 1 aromatic heterocycles. The van der Waals surface area contributed by atoms with Crippen molar-refractivity contribution in [1.29, 1.82) is 0 Å². The molecule has 0 amide bonds. The fourth-order valence-electron chi connectivity index (χ4n) is 0.988. The monoisotopic (exact) mass is 215 g/mol. The first kappa shape index (κ1) is 11.0. The Hall–Kier alpha value is -1.07. The summed E-state index contributed by atoms with van der Waals surface area (Å²) in [6, 6.07) is 0. The lowest BCUT2D eigenvalue weighted by Crippen LogP contribution is -2.19. The van der Waals surface area contributed by atoms with Crippen LogP contribution in [-0.2, 0) is 0 Å². The van der Waals surface area contributed by atoms with Gasteiger partial charge in [0, 0.05) is 13.1 Å². The first-order valence-electron chi connectivity index (χ1n) is 4.33. The Morgan fingerprint density at radius 2 is 2.07 bits per heavy atom. The Labute approximate surface area is 88.1 Å². The number of halogens is 1. The van der Waals surface area contributed by atoms with E-state index in [-0.39, 0.29) is 0 Å². The Kier molecular flexibility index (Phi) is 3.91. The third kappa shape index (κ3) is 2.71. The second-order valence-corrected chi connectivity index (χ2v) is 3.21. The van der Waals surface area contributed by atoms with Crippen molar-refractivity contribution in [2.75, 3.05) is 31.2 Å². The van der Waals surface area contributed by atoms with Crippen LogP contribution >= 0.6 is 11.6 Å². The van der Waals surface area contributed by atoms with Gasteiger partial charge in [-0.1, -0.05) is 11.6 Å². The third-order valence-electron chi connectivity index (χ3n) is 1.68. The molecule has 5 nitrogen and oxygen atoms in total. The van der Waals surface area contributed by atoms with E-state index in [1.54, 1.807) is 6.92 Å². The van der Waals surface area contributed by atoms with E-state index in [1.165, 1.54) is 0 Å². The molecule has 4 N–H and O–H groups in total. The molecule has 14 heavy (non-hydrogen) atoms. The second-order valence-electron chi connectivity index (χ2n) is 2.85. The Morgan fingerprint density at radius 3 is 2.71 bits per heavy atom. The fourth-order valence-corrected chi connectivity index (χ4v) is 1.20. The summed E-state index contributed by atoms with van der Waals surface area (Å²) in [5.74, 6) is 1.20. The van der Waals surface area contributed by atoms with Crippen LogP contribution < -0.4 is 16.4 Å². The first-order valence-corrected chi connectivity index (χ1v) is 4.71. The van der Waals surface area contributed by atoms with Crippen molar-refractivity contribution in [3.05, 3.63) is 11.0 Å². The zero-order chi connectivity index (χ0) is 10.6. The number of anilines is 2. The van der Waals surface area contributed by atoms with Gasteiger partial charge in [0.1, 0.15) is 11.5 Å². The maximum absolute atomic E-state index is 5.80. The van der Waals surface area contributed by atoms with Gasteiger partial charge in [0.25, 0.3) is 0 Å². The molecule has 0 bridgehead atoms. The molecule has 0 fully saturated rings. The Balaban J connectivity index is 2.75. The van der Waals surface area contributed by atoms with E-state index in [0.717, 1.165) is 13.1 Å². The van der Waals surface area contributed by atoms with Crippen LogP contribution in [0.25, 0.3) is 0 Å². The number of nitrogens with two attached hydrogens (primary N) is 1. The lowest BCUT2D eigenvalue weighted by atomic mass is 10.4. The molecule has 1 rings (SSSR count). The van der Waals surface area contributed by atoms with Crippen LogP contribution in [-0.4, -0.2) is 30.1 Å². The molecule has 0 saturated heterocycles. The van der Waals surface area contributed by atoms with E-state index < -0.39 is 0 Å². The smallest absolute Gasteiger partial charge is 0.157 e. The average molecular weight is 216 g/mol. The normalized spacial score (nSPS) is 10.2. The van der Waals surface area contributed by atoms with E-state index in [0.29, 0.717) is 22.5 Å². The van der Waals surface area contributed by atoms with Crippen molar-refractivity contribution in [2.24, 2.45) is 0 Å². The lowest BCUT2D eigenvalue weighted by molar-refractivity contribution is 0.820. The maximum atomic E-state index is 5.80. The highest BCUT2D eigenvalue weighted by molar-refractivity contribution is 6.32. The van der Waals surface area contributed by atoms with Gasteiger partial charge in [0.2, 0.25) is 0 Å². The van der Waals surface area contributed by atoms with Crippen molar-refractivity contribution >= 4 is 23.1 Å². The Morgan fingerprint density at radius 1 is 1.36 bits per heavy atom. The summed E-state index contributed by atoms with van der Waals surface area (Å²) < 4.78 is 0. The van der Waals surface area contributed by atoms with Gasteiger partial charge in [0.05, 0.1) is 0 Å². The van der Waals surface area contributed by atoms with Gasteiger partial charge in [-0.25, -0.2) is 9.97 Å². The summed E-state index contributed by atoms with van der Waals surface area (Å²) in [6.07, 6.45) is 0. The largest absolute Gasteiger partial charge is 0.393 e. The summed E-state index contributed by atoms with van der Waals surface area (Å²) in [5.41, 5.74) is 6.09. The van der Waals surface area contributed by atoms with Crippen molar-refractivity contribution in [3.8, 4) is 0 Å². The molecule has 1 aromatic rings. The van der Waals surface area contributed by atoms with Gasteiger partial charge in [-0.05, 0) is 14.0 Å². The summed E-state index contributed by atoms with van der Waals surface area (Å²) in [7, 11) is 1.88. The molecule has 0 radical (unpaired) electrons. The highest BCUT2D eigenvalue weighted by Gasteiger charge is 2.06. The number of nitrogens with zero attached hydrogens (tertiary/aromatic N) is 2. The predicted octanol–water partition coefficient (Wildman–Crippen LogP) is 0.652. The topological polar surface area (TPSA) is 75.9 Å². The molecule has 0 saturated carbocycles. The predicted molar refractivity (Wildman–Crippen MR) is 58.6 cm³/mol. The van der Waals surface area contributed by atoms with Crippen molar-refractivity contribution < 1.29 is 0 Å². The summed E-state index contributed by atoms with van der Waals surface area (Å²) in [6.45, 7) is 3.35. The van der Waals surface area contributed by atoms with Gasteiger partial charge < -0.3 is 16.4 Å². The SMILES string of the molecule is CNCCNc1nc(C)nc(Cl)c1N. The van der Waals surface area contributed by atoms with Crippen LogP contribution in [0.15, 0.2) is 0 Å². The van der Waals surface area contributed by atoms with Crippen LogP contribution in [0.3, 0.4) is 0 Å². The van der Waals surface area contributed by atoms with Gasteiger partial charge in [0.15, 0.2) is 11.0 Å². The highest BCUT2D eigenvalue weighted by atomic mass is 35.5. The summed E-state index contributed by atoms with van der Waals surface area (Å²) >= 11 is 5.80. The van der Waals surface area contributed by atoms with Gasteiger partial charge in [-0.15, -0.1) is 0 Å². The Bertz CT molecular complexity index is 315. The number of rotatable bonds is 4. The van der Waals surface area contributed by atoms with E-state index in [2.05, 4.69) is 20.6 Å². The number of nitrogen functional groups attached to an aromatic ring is 1. The first-order chi connectivity index (χ1) is 6.65. The molecular weight excluding hydrogens is 202 g/mol.